The molecule has 182 valence electrons. The van der Waals surface area contributed by atoms with Crippen molar-refractivity contribution < 1.29 is 19.1 Å². The van der Waals surface area contributed by atoms with Crippen LogP contribution in [0.15, 0.2) is 78.9 Å². The molecule has 7 heteroatoms. The Morgan fingerprint density at radius 2 is 1.69 bits per heavy atom. The second kappa shape index (κ2) is 12.6. The van der Waals surface area contributed by atoms with Crippen LogP contribution < -0.4 is 15.4 Å². The van der Waals surface area contributed by atoms with E-state index in [-0.39, 0.29) is 18.4 Å². The SMILES string of the molecule is O=C(CNc1cccc(C(=O)N2CCOCC2)c1)Nc1ccccc1OCCCc1ccccc1. The van der Waals surface area contributed by atoms with Gasteiger partial charge in [0.05, 0.1) is 32.1 Å². The minimum atomic E-state index is -0.199. The Balaban J connectivity index is 1.26. The van der Waals surface area contributed by atoms with Crippen molar-refractivity contribution in [3.05, 3.63) is 90.0 Å². The highest BCUT2D eigenvalue weighted by atomic mass is 16.5. The number of hydrogen-bond donors (Lipinski definition) is 2. The fourth-order valence-corrected chi connectivity index (χ4v) is 3.89. The number of morpholine rings is 1. The van der Waals surface area contributed by atoms with E-state index in [1.807, 2.05) is 54.6 Å². The van der Waals surface area contributed by atoms with Crippen LogP contribution in [0.1, 0.15) is 22.3 Å². The van der Waals surface area contributed by atoms with E-state index in [0.29, 0.717) is 55.6 Å². The molecule has 1 aliphatic heterocycles. The number of carbonyl (C=O) groups is 2. The maximum atomic E-state index is 12.7. The molecule has 1 fully saturated rings. The summed E-state index contributed by atoms with van der Waals surface area (Å²) in [5.41, 5.74) is 3.21. The molecule has 1 aliphatic rings. The van der Waals surface area contributed by atoms with Crippen molar-refractivity contribution in [1.29, 1.82) is 0 Å². The molecule has 2 amide bonds. The van der Waals surface area contributed by atoms with Gasteiger partial charge in [0.15, 0.2) is 0 Å². The number of anilines is 2. The number of nitrogens with one attached hydrogen (secondary N) is 2. The van der Waals surface area contributed by atoms with E-state index in [4.69, 9.17) is 9.47 Å². The Morgan fingerprint density at radius 1 is 0.914 bits per heavy atom. The van der Waals surface area contributed by atoms with Crippen molar-refractivity contribution in [1.82, 2.24) is 4.90 Å². The lowest BCUT2D eigenvalue weighted by molar-refractivity contribution is -0.114. The first-order valence-electron chi connectivity index (χ1n) is 12.0. The number of hydrogen-bond acceptors (Lipinski definition) is 5. The molecule has 0 aromatic heterocycles. The summed E-state index contributed by atoms with van der Waals surface area (Å²) in [7, 11) is 0. The van der Waals surface area contributed by atoms with Crippen LogP contribution >= 0.6 is 0 Å². The summed E-state index contributed by atoms with van der Waals surface area (Å²) in [6, 6.07) is 24.9. The number of nitrogens with zero attached hydrogens (tertiary/aromatic N) is 1. The molecular weight excluding hydrogens is 442 g/mol. The third-order valence-electron chi connectivity index (χ3n) is 5.73. The average Bonchev–Trinajstić information content (AvgIpc) is 2.91. The predicted octanol–water partition coefficient (Wildman–Crippen LogP) is 4.22. The maximum Gasteiger partial charge on any atom is 0.254 e. The third-order valence-corrected chi connectivity index (χ3v) is 5.73. The zero-order chi connectivity index (χ0) is 24.3. The number of carbonyl (C=O) groups excluding carboxylic acids is 2. The number of amides is 2. The lowest BCUT2D eigenvalue weighted by Crippen LogP contribution is -2.40. The third kappa shape index (κ3) is 7.32. The van der Waals surface area contributed by atoms with Crippen molar-refractivity contribution >= 4 is 23.2 Å². The number of ether oxygens (including phenoxy) is 2. The molecule has 0 atom stereocenters. The van der Waals surface area contributed by atoms with Gasteiger partial charge in [0.25, 0.3) is 5.91 Å². The Labute approximate surface area is 206 Å². The van der Waals surface area contributed by atoms with E-state index >= 15 is 0 Å². The molecule has 3 aromatic carbocycles. The first-order valence-corrected chi connectivity index (χ1v) is 12.0. The second-order valence-corrected chi connectivity index (χ2v) is 8.32. The summed E-state index contributed by atoms with van der Waals surface area (Å²) in [6.07, 6.45) is 1.82. The number of benzene rings is 3. The number of rotatable bonds is 10. The highest BCUT2D eigenvalue weighted by Crippen LogP contribution is 2.24. The molecule has 35 heavy (non-hydrogen) atoms. The molecule has 0 radical (unpaired) electrons. The summed E-state index contributed by atoms with van der Waals surface area (Å²) in [5, 5.41) is 6.02. The van der Waals surface area contributed by atoms with Gasteiger partial charge in [-0.3, -0.25) is 9.59 Å². The highest BCUT2D eigenvalue weighted by molar-refractivity contribution is 5.96. The Morgan fingerprint density at radius 3 is 2.51 bits per heavy atom. The van der Waals surface area contributed by atoms with Crippen LogP contribution in [0.2, 0.25) is 0 Å². The molecule has 0 aliphatic carbocycles. The lowest BCUT2D eigenvalue weighted by atomic mass is 10.1. The molecule has 0 bridgehead atoms. The van der Waals surface area contributed by atoms with Crippen molar-refractivity contribution in [2.45, 2.75) is 12.8 Å². The second-order valence-electron chi connectivity index (χ2n) is 8.32. The molecular formula is C28H31N3O4. The fraction of sp³-hybridized carbons (Fsp3) is 0.286. The summed E-state index contributed by atoms with van der Waals surface area (Å²) in [4.78, 5) is 27.1. The van der Waals surface area contributed by atoms with E-state index in [1.165, 1.54) is 5.56 Å². The van der Waals surface area contributed by atoms with Gasteiger partial charge in [0.1, 0.15) is 5.75 Å². The molecule has 2 N–H and O–H groups in total. The van der Waals surface area contributed by atoms with Gasteiger partial charge >= 0.3 is 0 Å². The quantitative estimate of drug-likeness (QED) is 0.431. The molecule has 0 unspecified atom stereocenters. The van der Waals surface area contributed by atoms with Gasteiger partial charge in [-0.05, 0) is 48.7 Å². The average molecular weight is 474 g/mol. The van der Waals surface area contributed by atoms with Crippen LogP contribution in [0.25, 0.3) is 0 Å². The van der Waals surface area contributed by atoms with Gasteiger partial charge in [-0.15, -0.1) is 0 Å². The van der Waals surface area contributed by atoms with Crippen molar-refractivity contribution in [2.75, 3.05) is 50.1 Å². The van der Waals surface area contributed by atoms with Crippen molar-refractivity contribution in [3.8, 4) is 5.75 Å². The predicted molar refractivity (Wildman–Crippen MR) is 137 cm³/mol. The van der Waals surface area contributed by atoms with E-state index in [0.717, 1.165) is 12.8 Å². The van der Waals surface area contributed by atoms with Crippen LogP contribution in [-0.2, 0) is 16.0 Å². The minimum Gasteiger partial charge on any atom is -0.491 e. The zero-order valence-corrected chi connectivity index (χ0v) is 19.7. The Kier molecular flexibility index (Phi) is 8.73. The summed E-state index contributed by atoms with van der Waals surface area (Å²) >= 11 is 0. The van der Waals surface area contributed by atoms with Gasteiger partial charge in [0.2, 0.25) is 5.91 Å². The lowest BCUT2D eigenvalue weighted by Gasteiger charge is -2.27. The monoisotopic (exact) mass is 473 g/mol. The topological polar surface area (TPSA) is 79.9 Å². The van der Waals surface area contributed by atoms with Gasteiger partial charge in [-0.25, -0.2) is 0 Å². The molecule has 3 aromatic rings. The van der Waals surface area contributed by atoms with E-state index in [1.54, 1.807) is 17.0 Å². The fourth-order valence-electron chi connectivity index (χ4n) is 3.89. The zero-order valence-electron chi connectivity index (χ0n) is 19.7. The standard InChI is InChI=1S/C28H31N3O4/c32-27(21-29-24-12-6-11-23(20-24)28(33)31-15-18-34-19-16-31)30-25-13-4-5-14-26(25)35-17-7-10-22-8-2-1-3-9-22/h1-6,8-9,11-14,20,29H,7,10,15-19,21H2,(H,30,32). The van der Waals surface area contributed by atoms with Gasteiger partial charge in [-0.1, -0.05) is 48.5 Å². The van der Waals surface area contributed by atoms with Crippen LogP contribution in [-0.4, -0.2) is 56.2 Å². The molecule has 7 nitrogen and oxygen atoms in total. The van der Waals surface area contributed by atoms with Crippen LogP contribution in [0.3, 0.4) is 0 Å². The summed E-state index contributed by atoms with van der Waals surface area (Å²) in [6.45, 7) is 2.92. The summed E-state index contributed by atoms with van der Waals surface area (Å²) < 4.78 is 11.3. The highest BCUT2D eigenvalue weighted by Gasteiger charge is 2.18. The van der Waals surface area contributed by atoms with Crippen molar-refractivity contribution in [3.63, 3.8) is 0 Å². The summed E-state index contributed by atoms with van der Waals surface area (Å²) in [5.74, 6) is 0.419. The van der Waals surface area contributed by atoms with E-state index < -0.39 is 0 Å². The van der Waals surface area contributed by atoms with E-state index in [2.05, 4.69) is 22.8 Å². The minimum absolute atomic E-state index is 0.0280. The van der Waals surface area contributed by atoms with E-state index in [9.17, 15) is 9.59 Å². The first kappa shape index (κ1) is 24.3. The van der Waals surface area contributed by atoms with Crippen LogP contribution in [0, 0.1) is 0 Å². The smallest absolute Gasteiger partial charge is 0.254 e. The Hall–Kier alpha value is -3.84. The molecule has 0 saturated carbocycles. The molecule has 0 spiro atoms. The van der Waals surface area contributed by atoms with Gasteiger partial charge in [0, 0.05) is 24.3 Å². The number of aryl methyl sites for hydroxylation is 1. The van der Waals surface area contributed by atoms with Crippen molar-refractivity contribution in [2.24, 2.45) is 0 Å². The largest absolute Gasteiger partial charge is 0.491 e. The number of para-hydroxylation sites is 2. The van der Waals surface area contributed by atoms with Gasteiger partial charge in [-0.2, -0.15) is 0 Å². The molecule has 1 saturated heterocycles. The Bertz CT molecular complexity index is 1110. The molecule has 1 heterocycles. The first-order chi connectivity index (χ1) is 17.2. The van der Waals surface area contributed by atoms with Crippen LogP contribution in [0.4, 0.5) is 11.4 Å². The van der Waals surface area contributed by atoms with Gasteiger partial charge < -0.3 is 25.0 Å². The maximum absolute atomic E-state index is 12.7. The molecule has 4 rings (SSSR count). The normalized spacial score (nSPS) is 13.2. The van der Waals surface area contributed by atoms with Crippen LogP contribution in [0.5, 0.6) is 5.75 Å².